The lowest BCUT2D eigenvalue weighted by Crippen LogP contribution is -2.33. The molecule has 2 aromatic carbocycles. The van der Waals surface area contributed by atoms with E-state index < -0.39 is 0 Å². The van der Waals surface area contributed by atoms with Crippen molar-refractivity contribution < 1.29 is 18.9 Å². The Balaban J connectivity index is 1.93. The zero-order valence-electron chi connectivity index (χ0n) is 14.5. The summed E-state index contributed by atoms with van der Waals surface area (Å²) in [5, 5.41) is 0. The van der Waals surface area contributed by atoms with Gasteiger partial charge in [0.2, 0.25) is 0 Å². The van der Waals surface area contributed by atoms with E-state index in [4.69, 9.17) is 18.9 Å². The van der Waals surface area contributed by atoms with Crippen LogP contribution in [0.3, 0.4) is 0 Å². The van der Waals surface area contributed by atoms with Gasteiger partial charge in [0, 0.05) is 19.1 Å². The van der Waals surface area contributed by atoms with Gasteiger partial charge < -0.3 is 18.9 Å². The van der Waals surface area contributed by atoms with Gasteiger partial charge in [-0.15, -0.1) is 0 Å². The molecule has 4 heteroatoms. The van der Waals surface area contributed by atoms with E-state index >= 15 is 0 Å². The van der Waals surface area contributed by atoms with E-state index in [9.17, 15) is 0 Å². The average Bonchev–Trinajstić information content (AvgIpc) is 2.65. The van der Waals surface area contributed by atoms with E-state index in [1.807, 2.05) is 30.3 Å². The van der Waals surface area contributed by atoms with Gasteiger partial charge in [-0.2, -0.15) is 0 Å². The van der Waals surface area contributed by atoms with Gasteiger partial charge >= 0.3 is 0 Å². The molecule has 0 unspecified atom stereocenters. The normalized spacial score (nSPS) is 19.3. The minimum Gasteiger partial charge on any atom is -0.497 e. The number of methoxy groups -OCH3 is 2. The molecule has 3 rings (SSSR count). The highest BCUT2D eigenvalue weighted by molar-refractivity contribution is 5.44. The third-order valence-electron chi connectivity index (χ3n) is 4.25. The first-order chi connectivity index (χ1) is 11.7. The molecule has 0 spiro atoms. The molecular formula is C20H24O4. The van der Waals surface area contributed by atoms with Crippen LogP contribution < -0.4 is 14.2 Å². The van der Waals surface area contributed by atoms with Gasteiger partial charge in [-0.05, 0) is 35.7 Å². The maximum Gasteiger partial charge on any atom is 0.150 e. The van der Waals surface area contributed by atoms with Crippen molar-refractivity contribution in [3.8, 4) is 17.2 Å². The molecule has 0 saturated heterocycles. The third-order valence-corrected chi connectivity index (χ3v) is 4.25. The van der Waals surface area contributed by atoms with E-state index in [1.54, 1.807) is 14.2 Å². The van der Waals surface area contributed by atoms with E-state index in [-0.39, 0.29) is 12.2 Å². The Kier molecular flexibility index (Phi) is 5.26. The molecule has 1 heterocycles. The van der Waals surface area contributed by atoms with Gasteiger partial charge in [-0.3, -0.25) is 0 Å². The van der Waals surface area contributed by atoms with E-state index in [1.165, 1.54) is 0 Å². The minimum atomic E-state index is -0.161. The summed E-state index contributed by atoms with van der Waals surface area (Å²) in [6.45, 7) is 2.84. The van der Waals surface area contributed by atoms with Crippen molar-refractivity contribution in [3.05, 3.63) is 53.6 Å². The maximum absolute atomic E-state index is 6.31. The van der Waals surface area contributed by atoms with Gasteiger partial charge in [-0.1, -0.05) is 25.1 Å². The second-order valence-electron chi connectivity index (χ2n) is 5.90. The summed E-state index contributed by atoms with van der Waals surface area (Å²) in [5.41, 5.74) is 2.21. The molecule has 1 aliphatic rings. The molecule has 0 N–H and O–H groups in total. The van der Waals surface area contributed by atoms with Crippen LogP contribution in [0.5, 0.6) is 17.2 Å². The average molecular weight is 328 g/mol. The second kappa shape index (κ2) is 7.58. The van der Waals surface area contributed by atoms with Crippen molar-refractivity contribution in [2.75, 3.05) is 20.8 Å². The fraction of sp³-hybridized carbons (Fsp3) is 0.400. The van der Waals surface area contributed by atoms with Crippen LogP contribution >= 0.6 is 0 Å². The summed E-state index contributed by atoms with van der Waals surface area (Å²) in [5.74, 6) is 2.48. The van der Waals surface area contributed by atoms with Crippen molar-refractivity contribution in [1.82, 2.24) is 0 Å². The highest BCUT2D eigenvalue weighted by Gasteiger charge is 2.32. The predicted molar refractivity (Wildman–Crippen MR) is 93.1 cm³/mol. The minimum absolute atomic E-state index is 0.0158. The maximum atomic E-state index is 6.31. The number of benzene rings is 2. The Hall–Kier alpha value is -2.20. The molecule has 2 aromatic rings. The first-order valence-electron chi connectivity index (χ1n) is 8.34. The zero-order valence-corrected chi connectivity index (χ0v) is 14.5. The smallest absolute Gasteiger partial charge is 0.150 e. The van der Waals surface area contributed by atoms with Gasteiger partial charge in [-0.25, -0.2) is 0 Å². The van der Waals surface area contributed by atoms with Crippen LogP contribution in [-0.2, 0) is 11.2 Å². The lowest BCUT2D eigenvalue weighted by molar-refractivity contribution is -0.0374. The van der Waals surface area contributed by atoms with E-state index in [0.29, 0.717) is 0 Å². The molecule has 1 aliphatic heterocycles. The van der Waals surface area contributed by atoms with Gasteiger partial charge in [0.1, 0.15) is 23.4 Å². The molecule has 4 nitrogen and oxygen atoms in total. The first kappa shape index (κ1) is 16.7. The summed E-state index contributed by atoms with van der Waals surface area (Å²) >= 11 is 0. The molecule has 0 radical (unpaired) electrons. The fourth-order valence-electron chi connectivity index (χ4n) is 2.99. The van der Waals surface area contributed by atoms with Crippen molar-refractivity contribution in [3.63, 3.8) is 0 Å². The van der Waals surface area contributed by atoms with Crippen molar-refractivity contribution in [2.24, 2.45) is 0 Å². The standard InChI is InChI=1S/C20H24O4/c1-4-10-23-19-12-14-8-9-17(22-3)13-18(14)24-20(19)15-6-5-7-16(11-15)21-2/h5-9,11,13,19-20H,4,10,12H2,1-3H3/t19-,20-/m1/s1. The topological polar surface area (TPSA) is 36.9 Å². The van der Waals surface area contributed by atoms with Gasteiger partial charge in [0.25, 0.3) is 0 Å². The van der Waals surface area contributed by atoms with E-state index in [0.717, 1.165) is 47.8 Å². The Morgan fingerprint density at radius 2 is 1.83 bits per heavy atom. The lowest BCUT2D eigenvalue weighted by atomic mass is 9.94. The van der Waals surface area contributed by atoms with Crippen LogP contribution in [0.15, 0.2) is 42.5 Å². The number of ether oxygens (including phenoxy) is 4. The molecule has 0 fully saturated rings. The van der Waals surface area contributed by atoms with Crippen LogP contribution in [-0.4, -0.2) is 26.9 Å². The Bertz CT molecular complexity index is 683. The molecule has 24 heavy (non-hydrogen) atoms. The zero-order chi connectivity index (χ0) is 16.9. The van der Waals surface area contributed by atoms with Crippen molar-refractivity contribution >= 4 is 0 Å². The predicted octanol–water partition coefficient (Wildman–Crippen LogP) is 4.18. The second-order valence-corrected chi connectivity index (χ2v) is 5.90. The molecule has 2 atom stereocenters. The van der Waals surface area contributed by atoms with Gasteiger partial charge in [0.05, 0.1) is 14.2 Å². The molecule has 128 valence electrons. The quantitative estimate of drug-likeness (QED) is 0.797. The summed E-state index contributed by atoms with van der Waals surface area (Å²) in [6, 6.07) is 13.9. The Morgan fingerprint density at radius 1 is 1.04 bits per heavy atom. The molecule has 0 aromatic heterocycles. The largest absolute Gasteiger partial charge is 0.497 e. The Morgan fingerprint density at radius 3 is 2.58 bits per heavy atom. The van der Waals surface area contributed by atoms with Crippen molar-refractivity contribution in [2.45, 2.75) is 32.0 Å². The van der Waals surface area contributed by atoms with Crippen LogP contribution in [0.1, 0.15) is 30.6 Å². The molecule has 0 bridgehead atoms. The highest BCUT2D eigenvalue weighted by atomic mass is 16.5. The number of hydrogen-bond donors (Lipinski definition) is 0. The lowest BCUT2D eigenvalue weighted by Gasteiger charge is -2.34. The number of hydrogen-bond acceptors (Lipinski definition) is 4. The third kappa shape index (κ3) is 3.49. The summed E-state index contributed by atoms with van der Waals surface area (Å²) in [4.78, 5) is 0. The first-order valence-corrected chi connectivity index (χ1v) is 8.34. The highest BCUT2D eigenvalue weighted by Crippen LogP contribution is 2.39. The molecule has 0 saturated carbocycles. The molecule has 0 amide bonds. The number of fused-ring (bicyclic) bond motifs is 1. The summed E-state index contributed by atoms with van der Waals surface area (Å²) in [6.07, 6.45) is 1.63. The van der Waals surface area contributed by atoms with Gasteiger partial charge in [0.15, 0.2) is 6.10 Å². The van der Waals surface area contributed by atoms with Crippen LogP contribution in [0, 0.1) is 0 Å². The molecule has 0 aliphatic carbocycles. The fourth-order valence-corrected chi connectivity index (χ4v) is 2.99. The number of rotatable bonds is 6. The SMILES string of the molecule is CCCO[C@@H]1Cc2ccc(OC)cc2O[C@@H]1c1cccc(OC)c1. The van der Waals surface area contributed by atoms with Crippen LogP contribution in [0.25, 0.3) is 0 Å². The summed E-state index contributed by atoms with van der Waals surface area (Å²) in [7, 11) is 3.34. The Labute approximate surface area is 143 Å². The van der Waals surface area contributed by atoms with Crippen LogP contribution in [0.4, 0.5) is 0 Å². The monoisotopic (exact) mass is 328 g/mol. The molecular weight excluding hydrogens is 304 g/mol. The summed E-state index contributed by atoms with van der Waals surface area (Å²) < 4.78 is 23.1. The van der Waals surface area contributed by atoms with Crippen molar-refractivity contribution in [1.29, 1.82) is 0 Å². The van der Waals surface area contributed by atoms with E-state index in [2.05, 4.69) is 19.1 Å². The van der Waals surface area contributed by atoms with Crippen LogP contribution in [0.2, 0.25) is 0 Å².